The third-order valence-electron chi connectivity index (χ3n) is 4.56. The van der Waals surface area contributed by atoms with E-state index in [1.807, 2.05) is 11.4 Å². The summed E-state index contributed by atoms with van der Waals surface area (Å²) < 4.78 is 0. The number of thiophene rings is 1. The molecule has 6 heteroatoms. The molecule has 0 atom stereocenters. The van der Waals surface area contributed by atoms with Gasteiger partial charge in [-0.15, -0.1) is 11.3 Å². The number of hydrogen-bond donors (Lipinski definition) is 0. The van der Waals surface area contributed by atoms with Gasteiger partial charge in [-0.1, -0.05) is 12.8 Å². The minimum absolute atomic E-state index is 0.246. The quantitative estimate of drug-likeness (QED) is 0.854. The smallest absolute Gasteiger partial charge is 0.242 e. The second-order valence-corrected chi connectivity index (χ2v) is 6.68. The van der Waals surface area contributed by atoms with Crippen molar-refractivity contribution in [3.63, 3.8) is 0 Å². The highest BCUT2D eigenvalue weighted by Gasteiger charge is 2.32. The Balaban J connectivity index is 1.56. The van der Waals surface area contributed by atoms with E-state index in [0.717, 1.165) is 29.1 Å². The molecular weight excluding hydrogens is 284 g/mol. The van der Waals surface area contributed by atoms with Gasteiger partial charge in [0.25, 0.3) is 0 Å². The summed E-state index contributed by atoms with van der Waals surface area (Å²) in [6, 6.07) is 2.52. The van der Waals surface area contributed by atoms with Gasteiger partial charge in [0.1, 0.15) is 17.0 Å². The van der Waals surface area contributed by atoms with Crippen LogP contribution in [-0.4, -0.2) is 46.5 Å². The summed E-state index contributed by atoms with van der Waals surface area (Å²) in [7, 11) is 0. The monoisotopic (exact) mass is 302 g/mol. The molecule has 2 aliphatic rings. The van der Waals surface area contributed by atoms with Crippen molar-refractivity contribution in [1.82, 2.24) is 14.9 Å². The van der Waals surface area contributed by atoms with Crippen LogP contribution in [0.2, 0.25) is 0 Å². The number of hydrogen-bond acceptors (Lipinski definition) is 5. The summed E-state index contributed by atoms with van der Waals surface area (Å²) in [6.07, 6.45) is 6.48. The maximum atomic E-state index is 12.5. The maximum absolute atomic E-state index is 12.5. The van der Waals surface area contributed by atoms with E-state index in [2.05, 4.69) is 19.8 Å². The van der Waals surface area contributed by atoms with Crippen LogP contribution in [0.3, 0.4) is 0 Å². The number of nitrogens with zero attached hydrogens (tertiary/aromatic N) is 4. The first-order valence-electron chi connectivity index (χ1n) is 7.55. The third kappa shape index (κ3) is 2.27. The van der Waals surface area contributed by atoms with Crippen LogP contribution in [0, 0.1) is 0 Å². The topological polar surface area (TPSA) is 49.3 Å². The van der Waals surface area contributed by atoms with Crippen molar-refractivity contribution in [1.29, 1.82) is 0 Å². The van der Waals surface area contributed by atoms with E-state index in [0.29, 0.717) is 12.6 Å². The van der Waals surface area contributed by atoms with Crippen molar-refractivity contribution < 1.29 is 4.79 Å². The van der Waals surface area contributed by atoms with Crippen molar-refractivity contribution >= 4 is 33.3 Å². The van der Waals surface area contributed by atoms with E-state index >= 15 is 0 Å². The zero-order valence-electron chi connectivity index (χ0n) is 11.9. The van der Waals surface area contributed by atoms with Gasteiger partial charge >= 0.3 is 0 Å². The highest BCUT2D eigenvalue weighted by atomic mass is 32.1. The molecule has 3 heterocycles. The molecule has 1 aliphatic carbocycles. The fourth-order valence-corrected chi connectivity index (χ4v) is 4.23. The van der Waals surface area contributed by atoms with Crippen LogP contribution in [0.5, 0.6) is 0 Å². The minimum Gasteiger partial charge on any atom is -0.345 e. The van der Waals surface area contributed by atoms with Gasteiger partial charge in [-0.05, 0) is 24.3 Å². The molecule has 0 bridgehead atoms. The van der Waals surface area contributed by atoms with Gasteiger partial charge in [-0.2, -0.15) is 0 Å². The Morgan fingerprint density at radius 3 is 2.86 bits per heavy atom. The SMILES string of the molecule is O=C1CN(c2ncnc3sccc23)CCN1C1CCCC1. The number of carbonyl (C=O) groups excluding carboxylic acids is 1. The average Bonchev–Trinajstić information content (AvgIpc) is 3.17. The molecule has 21 heavy (non-hydrogen) atoms. The van der Waals surface area contributed by atoms with Crippen LogP contribution in [0.1, 0.15) is 25.7 Å². The molecule has 110 valence electrons. The highest BCUT2D eigenvalue weighted by Crippen LogP contribution is 2.29. The lowest BCUT2D eigenvalue weighted by atomic mass is 10.1. The summed E-state index contributed by atoms with van der Waals surface area (Å²) in [5.41, 5.74) is 0. The molecule has 0 spiro atoms. The van der Waals surface area contributed by atoms with Crippen molar-refractivity contribution in [2.45, 2.75) is 31.7 Å². The fourth-order valence-electron chi connectivity index (χ4n) is 3.50. The Morgan fingerprint density at radius 1 is 1.19 bits per heavy atom. The number of piperazine rings is 1. The van der Waals surface area contributed by atoms with Crippen LogP contribution in [-0.2, 0) is 4.79 Å². The second kappa shape index (κ2) is 5.26. The van der Waals surface area contributed by atoms with Crippen molar-refractivity contribution in [2.75, 3.05) is 24.5 Å². The minimum atomic E-state index is 0.246. The number of carbonyl (C=O) groups is 1. The molecule has 1 saturated heterocycles. The second-order valence-electron chi connectivity index (χ2n) is 5.78. The van der Waals surface area contributed by atoms with E-state index < -0.39 is 0 Å². The van der Waals surface area contributed by atoms with Gasteiger partial charge in [0.05, 0.1) is 11.9 Å². The third-order valence-corrected chi connectivity index (χ3v) is 5.38. The molecule has 0 N–H and O–H groups in total. The van der Waals surface area contributed by atoms with Crippen molar-refractivity contribution in [3.05, 3.63) is 17.8 Å². The zero-order valence-corrected chi connectivity index (χ0v) is 12.7. The largest absolute Gasteiger partial charge is 0.345 e. The Labute approximate surface area is 127 Å². The number of anilines is 1. The lowest BCUT2D eigenvalue weighted by Gasteiger charge is -2.38. The predicted octanol–water partition coefficient (Wildman–Crippen LogP) is 2.28. The summed E-state index contributed by atoms with van der Waals surface area (Å²) in [4.78, 5) is 26.4. The van der Waals surface area contributed by atoms with Gasteiger partial charge in [0.2, 0.25) is 5.91 Å². The number of amides is 1. The standard InChI is InChI=1S/C15H18N4OS/c20-13-9-18(6-7-19(13)11-3-1-2-4-11)14-12-5-8-21-15(12)17-10-16-14/h5,8,10-11H,1-4,6-7,9H2. The van der Waals surface area contributed by atoms with Gasteiger partial charge < -0.3 is 9.80 Å². The molecule has 2 fully saturated rings. The maximum Gasteiger partial charge on any atom is 0.242 e. The Morgan fingerprint density at radius 2 is 2.05 bits per heavy atom. The van der Waals surface area contributed by atoms with E-state index in [9.17, 15) is 4.79 Å². The number of rotatable bonds is 2. The molecule has 1 amide bonds. The molecule has 2 aromatic heterocycles. The van der Waals surface area contributed by atoms with Crippen molar-refractivity contribution in [2.24, 2.45) is 0 Å². The van der Waals surface area contributed by atoms with Crippen molar-refractivity contribution in [3.8, 4) is 0 Å². The summed E-state index contributed by atoms with van der Waals surface area (Å²) in [5.74, 6) is 1.15. The van der Waals surface area contributed by atoms with Gasteiger partial charge in [-0.3, -0.25) is 4.79 Å². The van der Waals surface area contributed by atoms with Gasteiger partial charge in [0.15, 0.2) is 0 Å². The summed E-state index contributed by atoms with van der Waals surface area (Å²) in [6.45, 7) is 2.13. The van der Waals surface area contributed by atoms with E-state index in [1.54, 1.807) is 17.7 Å². The summed E-state index contributed by atoms with van der Waals surface area (Å²) >= 11 is 1.61. The lowest BCUT2D eigenvalue weighted by molar-refractivity contribution is -0.133. The normalized spacial score (nSPS) is 20.7. The average molecular weight is 302 g/mol. The zero-order chi connectivity index (χ0) is 14.2. The molecule has 1 aliphatic heterocycles. The van der Waals surface area contributed by atoms with Crippen LogP contribution < -0.4 is 4.90 Å². The molecule has 4 rings (SSSR count). The number of fused-ring (bicyclic) bond motifs is 1. The first kappa shape index (κ1) is 13.0. The van der Waals surface area contributed by atoms with Crippen LogP contribution in [0.4, 0.5) is 5.82 Å². The molecule has 5 nitrogen and oxygen atoms in total. The van der Waals surface area contributed by atoms with Crippen LogP contribution in [0.25, 0.3) is 10.2 Å². The van der Waals surface area contributed by atoms with Gasteiger partial charge in [-0.25, -0.2) is 9.97 Å². The molecular formula is C15H18N4OS. The van der Waals surface area contributed by atoms with E-state index in [1.165, 1.54) is 25.7 Å². The van der Waals surface area contributed by atoms with Gasteiger partial charge in [0, 0.05) is 19.1 Å². The first-order chi connectivity index (χ1) is 10.3. The van der Waals surface area contributed by atoms with Crippen LogP contribution >= 0.6 is 11.3 Å². The van der Waals surface area contributed by atoms with E-state index in [4.69, 9.17) is 0 Å². The van der Waals surface area contributed by atoms with E-state index in [-0.39, 0.29) is 5.91 Å². The Bertz CT molecular complexity index is 664. The molecule has 0 radical (unpaired) electrons. The molecule has 0 aromatic carbocycles. The Hall–Kier alpha value is -1.69. The number of aromatic nitrogens is 2. The Kier molecular flexibility index (Phi) is 3.25. The predicted molar refractivity (Wildman–Crippen MR) is 83.6 cm³/mol. The highest BCUT2D eigenvalue weighted by molar-refractivity contribution is 7.16. The van der Waals surface area contributed by atoms with Crippen LogP contribution in [0.15, 0.2) is 17.8 Å². The fraction of sp³-hybridized carbons (Fsp3) is 0.533. The molecule has 2 aromatic rings. The summed E-state index contributed by atoms with van der Waals surface area (Å²) in [5, 5.41) is 3.09. The molecule has 1 saturated carbocycles. The first-order valence-corrected chi connectivity index (χ1v) is 8.43. The lowest BCUT2D eigenvalue weighted by Crippen LogP contribution is -2.53. The molecule has 0 unspecified atom stereocenters.